The number of sulfonamides is 1. The Hall–Kier alpha value is -1.90. The number of fused-ring (bicyclic) bond motifs is 1. The molecule has 0 radical (unpaired) electrons. The zero-order valence-electron chi connectivity index (χ0n) is 20.0. The number of hydrogen-bond donors (Lipinski definition) is 0. The molecule has 1 aliphatic rings. The molecular weight excluding hydrogens is 491 g/mol. The highest BCUT2D eigenvalue weighted by Crippen LogP contribution is 2.31. The second-order valence-electron chi connectivity index (χ2n) is 8.32. The molecule has 3 aromatic rings. The zero-order chi connectivity index (χ0) is 22.7. The Morgan fingerprint density at radius 1 is 0.941 bits per heavy atom. The first kappa shape index (κ1) is 28.3. The van der Waals surface area contributed by atoms with Gasteiger partial charge in [0, 0.05) is 50.7 Å². The molecule has 186 valence electrons. The molecule has 2 aromatic carbocycles. The Balaban J connectivity index is 0.00000204. The highest BCUT2D eigenvalue weighted by Gasteiger charge is 2.21. The van der Waals surface area contributed by atoms with Crippen molar-refractivity contribution in [2.75, 3.05) is 51.2 Å². The third-order valence-electron chi connectivity index (χ3n) is 6.24. The Morgan fingerprint density at radius 3 is 2.21 bits per heavy atom. The minimum absolute atomic E-state index is 0. The predicted molar refractivity (Wildman–Crippen MR) is 146 cm³/mol. The largest absolute Gasteiger partial charge is 0.354 e. The smallest absolute Gasteiger partial charge is 0.242 e. The lowest BCUT2D eigenvalue weighted by atomic mass is 10.1. The molecule has 4 rings (SSSR count). The van der Waals surface area contributed by atoms with Crippen LogP contribution in [-0.2, 0) is 10.0 Å². The van der Waals surface area contributed by atoms with E-state index in [1.807, 2.05) is 25.1 Å². The van der Waals surface area contributed by atoms with Gasteiger partial charge in [0.25, 0.3) is 0 Å². The average Bonchev–Trinajstić information content (AvgIpc) is 2.83. The molecule has 0 spiro atoms. The highest BCUT2D eigenvalue weighted by atomic mass is 35.5. The molecule has 1 aromatic heterocycles. The molecule has 0 amide bonds. The van der Waals surface area contributed by atoms with Gasteiger partial charge >= 0.3 is 0 Å². The minimum Gasteiger partial charge on any atom is -0.354 e. The number of nitrogens with zero attached hydrogens (tertiary/aromatic N) is 4. The van der Waals surface area contributed by atoms with Gasteiger partial charge in [0.15, 0.2) is 0 Å². The van der Waals surface area contributed by atoms with Gasteiger partial charge in [-0.1, -0.05) is 50.2 Å². The number of aromatic nitrogens is 1. The molecular formula is C25H34Cl2N4O2S. The van der Waals surface area contributed by atoms with E-state index in [-0.39, 0.29) is 24.8 Å². The molecule has 9 heteroatoms. The molecule has 0 N–H and O–H groups in total. The molecule has 1 saturated heterocycles. The first-order chi connectivity index (χ1) is 15.4. The van der Waals surface area contributed by atoms with E-state index in [1.165, 1.54) is 4.31 Å². The number of hydrogen-bond acceptors (Lipinski definition) is 5. The first-order valence-corrected chi connectivity index (χ1v) is 12.8. The van der Waals surface area contributed by atoms with Crippen molar-refractivity contribution >= 4 is 51.4 Å². The van der Waals surface area contributed by atoms with Crippen LogP contribution in [0.1, 0.15) is 20.3 Å². The van der Waals surface area contributed by atoms with E-state index in [4.69, 9.17) is 4.98 Å². The van der Waals surface area contributed by atoms with Gasteiger partial charge < -0.3 is 9.80 Å². The van der Waals surface area contributed by atoms with E-state index in [1.54, 1.807) is 19.2 Å². The number of piperazine rings is 1. The van der Waals surface area contributed by atoms with Crippen LogP contribution in [0.4, 0.5) is 5.82 Å². The van der Waals surface area contributed by atoms with E-state index < -0.39 is 10.0 Å². The molecule has 0 aliphatic carbocycles. The van der Waals surface area contributed by atoms with E-state index in [0.29, 0.717) is 11.4 Å². The molecule has 6 nitrogen and oxygen atoms in total. The van der Waals surface area contributed by atoms with E-state index in [9.17, 15) is 8.42 Å². The van der Waals surface area contributed by atoms with Crippen molar-refractivity contribution in [1.82, 2.24) is 14.2 Å². The summed E-state index contributed by atoms with van der Waals surface area (Å²) in [4.78, 5) is 10.2. The van der Waals surface area contributed by atoms with Crippen LogP contribution in [0.3, 0.4) is 0 Å². The van der Waals surface area contributed by atoms with Gasteiger partial charge in [0.2, 0.25) is 10.0 Å². The van der Waals surface area contributed by atoms with Gasteiger partial charge in [-0.05, 0) is 36.6 Å². The van der Waals surface area contributed by atoms with E-state index >= 15 is 0 Å². The van der Waals surface area contributed by atoms with Gasteiger partial charge in [0.05, 0.1) is 10.6 Å². The SMILES string of the molecule is CCCN(C)S(=O)(=O)c1ccc(-c2cc3ccccc3c(N3CCN(CC)CC3)n2)cc1.Cl.Cl. The number of benzene rings is 2. The lowest BCUT2D eigenvalue weighted by Crippen LogP contribution is -2.46. The van der Waals surface area contributed by atoms with Gasteiger partial charge in [-0.2, -0.15) is 0 Å². The molecule has 0 atom stereocenters. The Labute approximate surface area is 215 Å². The van der Waals surface area contributed by atoms with Crippen molar-refractivity contribution in [2.45, 2.75) is 25.2 Å². The number of anilines is 1. The Morgan fingerprint density at radius 2 is 1.59 bits per heavy atom. The maximum absolute atomic E-state index is 12.8. The number of halogens is 2. The fourth-order valence-corrected chi connectivity index (χ4v) is 5.52. The molecule has 1 fully saturated rings. The summed E-state index contributed by atoms with van der Waals surface area (Å²) >= 11 is 0. The maximum Gasteiger partial charge on any atom is 0.242 e. The van der Waals surface area contributed by atoms with Crippen LogP contribution in [0.2, 0.25) is 0 Å². The Bertz CT molecular complexity index is 1180. The summed E-state index contributed by atoms with van der Waals surface area (Å²) in [6.45, 7) is 9.73. The number of rotatable bonds is 7. The van der Waals surface area contributed by atoms with Crippen molar-refractivity contribution in [3.05, 3.63) is 54.6 Å². The summed E-state index contributed by atoms with van der Waals surface area (Å²) in [5.74, 6) is 1.01. The van der Waals surface area contributed by atoms with Gasteiger partial charge in [-0.3, -0.25) is 0 Å². The van der Waals surface area contributed by atoms with Crippen LogP contribution in [-0.4, -0.2) is 68.9 Å². The predicted octanol–water partition coefficient (Wildman–Crippen LogP) is 4.92. The Kier molecular flexibility index (Phi) is 10.2. The number of pyridine rings is 1. The quantitative estimate of drug-likeness (QED) is 0.439. The molecule has 2 heterocycles. The molecule has 34 heavy (non-hydrogen) atoms. The highest BCUT2D eigenvalue weighted by molar-refractivity contribution is 7.89. The van der Waals surface area contributed by atoms with Crippen LogP contribution in [0, 0.1) is 0 Å². The normalized spacial score (nSPS) is 14.6. The van der Waals surface area contributed by atoms with Crippen molar-refractivity contribution in [2.24, 2.45) is 0 Å². The van der Waals surface area contributed by atoms with Gasteiger partial charge in [0.1, 0.15) is 5.82 Å². The van der Waals surface area contributed by atoms with Crippen LogP contribution in [0.25, 0.3) is 22.0 Å². The second-order valence-corrected chi connectivity index (χ2v) is 10.4. The lowest BCUT2D eigenvalue weighted by Gasteiger charge is -2.35. The van der Waals surface area contributed by atoms with Crippen molar-refractivity contribution in [3.8, 4) is 11.3 Å². The van der Waals surface area contributed by atoms with Crippen molar-refractivity contribution in [3.63, 3.8) is 0 Å². The molecule has 0 bridgehead atoms. The second kappa shape index (κ2) is 12.2. The first-order valence-electron chi connectivity index (χ1n) is 11.4. The average molecular weight is 526 g/mol. The van der Waals surface area contributed by atoms with Crippen LogP contribution in [0.5, 0.6) is 0 Å². The minimum atomic E-state index is -3.47. The third-order valence-corrected chi connectivity index (χ3v) is 8.11. The van der Waals surface area contributed by atoms with E-state index in [0.717, 1.165) is 67.0 Å². The monoisotopic (exact) mass is 524 g/mol. The maximum atomic E-state index is 12.8. The molecule has 0 saturated carbocycles. The molecule has 0 unspecified atom stereocenters. The fraction of sp³-hybridized carbons (Fsp3) is 0.400. The summed E-state index contributed by atoms with van der Waals surface area (Å²) in [7, 11) is -1.84. The topological polar surface area (TPSA) is 56.8 Å². The van der Waals surface area contributed by atoms with Crippen molar-refractivity contribution in [1.29, 1.82) is 0 Å². The van der Waals surface area contributed by atoms with E-state index in [2.05, 4.69) is 41.0 Å². The van der Waals surface area contributed by atoms with Crippen LogP contribution >= 0.6 is 24.8 Å². The van der Waals surface area contributed by atoms with Gasteiger partial charge in [-0.15, -0.1) is 24.8 Å². The van der Waals surface area contributed by atoms with Gasteiger partial charge in [-0.25, -0.2) is 17.7 Å². The summed E-state index contributed by atoms with van der Waals surface area (Å²) in [6.07, 6.45) is 0.782. The van der Waals surface area contributed by atoms with Crippen LogP contribution < -0.4 is 4.90 Å². The zero-order valence-corrected chi connectivity index (χ0v) is 22.4. The standard InChI is InChI=1S/C25H32N4O2S.2ClH/c1-4-14-27(3)32(30,31)22-12-10-20(11-13-22)24-19-21-8-6-7-9-23(21)25(26-24)29-17-15-28(5-2)16-18-29;;/h6-13,19H,4-5,14-18H2,1-3H3;2*1H. The van der Waals surface area contributed by atoms with Crippen LogP contribution in [0.15, 0.2) is 59.5 Å². The summed E-state index contributed by atoms with van der Waals surface area (Å²) in [5, 5.41) is 2.30. The third kappa shape index (κ3) is 5.83. The lowest BCUT2D eigenvalue weighted by molar-refractivity contribution is 0.271. The summed E-state index contributed by atoms with van der Waals surface area (Å²) in [6, 6.07) is 17.5. The summed E-state index contributed by atoms with van der Waals surface area (Å²) in [5.41, 5.74) is 1.78. The molecule has 1 aliphatic heterocycles. The van der Waals surface area contributed by atoms with Crippen molar-refractivity contribution < 1.29 is 8.42 Å². The fourth-order valence-electron chi connectivity index (χ4n) is 4.26. The number of likely N-dealkylation sites (N-methyl/N-ethyl adjacent to an activating group) is 1. The summed E-state index contributed by atoms with van der Waals surface area (Å²) < 4.78 is 26.9.